The van der Waals surface area contributed by atoms with Gasteiger partial charge in [-0.2, -0.15) is 0 Å². The maximum atomic E-state index is 5.91. The third kappa shape index (κ3) is 1.54. The first-order chi connectivity index (χ1) is 6.29. The van der Waals surface area contributed by atoms with Crippen LogP contribution in [0.25, 0.3) is 0 Å². The lowest BCUT2D eigenvalue weighted by Crippen LogP contribution is -2.35. The van der Waals surface area contributed by atoms with Gasteiger partial charge in [0.1, 0.15) is 0 Å². The van der Waals surface area contributed by atoms with Crippen LogP contribution in [-0.4, -0.2) is 11.1 Å². The molecule has 0 spiro atoms. The van der Waals surface area contributed by atoms with Gasteiger partial charge in [0.15, 0.2) is 0 Å². The molecule has 70 valence electrons. The maximum absolute atomic E-state index is 5.91. The highest BCUT2D eigenvalue weighted by Crippen LogP contribution is 2.29. The average molecular weight is 176 g/mol. The maximum Gasteiger partial charge on any atom is 0.0698 e. The van der Waals surface area contributed by atoms with E-state index >= 15 is 0 Å². The van der Waals surface area contributed by atoms with Crippen LogP contribution in [0.5, 0.6) is 0 Å². The molecule has 1 unspecified atom stereocenters. The average Bonchev–Trinajstić information content (AvgIpc) is 2.49. The summed E-state index contributed by atoms with van der Waals surface area (Å²) in [5.74, 6) is 5.91. The molecule has 1 aliphatic heterocycles. The van der Waals surface area contributed by atoms with E-state index in [0.29, 0.717) is 6.04 Å². The third-order valence-electron chi connectivity index (χ3n) is 2.82. The monoisotopic (exact) mass is 176 g/mol. The van der Waals surface area contributed by atoms with Crippen LogP contribution in [-0.2, 0) is 0 Å². The molecular weight excluding hydrogens is 160 g/mol. The zero-order valence-corrected chi connectivity index (χ0v) is 7.87. The number of nitrogens with zero attached hydrogens (tertiary/aromatic N) is 1. The minimum Gasteiger partial charge on any atom is -0.308 e. The molecule has 2 heteroatoms. The molecule has 0 aromatic rings. The standard InChI is InChI=1S/C11H16N2/c1-9-7-8-11(13(9)12)10-5-3-2-4-6-10/h3,5-6,11H,1-2,4,7-8,12H2. The second kappa shape index (κ2) is 3.38. The third-order valence-corrected chi connectivity index (χ3v) is 2.82. The van der Waals surface area contributed by atoms with Crippen LogP contribution < -0.4 is 5.84 Å². The van der Waals surface area contributed by atoms with E-state index in [-0.39, 0.29) is 0 Å². The minimum absolute atomic E-state index is 0.379. The Bertz CT molecular complexity index is 276. The van der Waals surface area contributed by atoms with E-state index in [2.05, 4.69) is 24.8 Å². The molecular formula is C11H16N2. The van der Waals surface area contributed by atoms with Crippen LogP contribution in [0.1, 0.15) is 25.7 Å². The number of hydrogen-bond acceptors (Lipinski definition) is 2. The van der Waals surface area contributed by atoms with Crippen molar-refractivity contribution in [3.63, 3.8) is 0 Å². The molecule has 0 bridgehead atoms. The fraction of sp³-hybridized carbons (Fsp3) is 0.455. The van der Waals surface area contributed by atoms with Crippen LogP contribution in [0, 0.1) is 0 Å². The van der Waals surface area contributed by atoms with Crippen molar-refractivity contribution in [3.8, 4) is 0 Å². The van der Waals surface area contributed by atoms with Gasteiger partial charge in [0.05, 0.1) is 6.04 Å². The number of nitrogens with two attached hydrogens (primary N) is 1. The summed E-state index contributed by atoms with van der Waals surface area (Å²) in [6.45, 7) is 3.93. The van der Waals surface area contributed by atoms with Crippen LogP contribution in [0.15, 0.2) is 36.1 Å². The van der Waals surface area contributed by atoms with E-state index in [0.717, 1.165) is 25.0 Å². The molecule has 0 aromatic heterocycles. The summed E-state index contributed by atoms with van der Waals surface area (Å²) in [7, 11) is 0. The molecule has 1 heterocycles. The Morgan fingerprint density at radius 2 is 2.31 bits per heavy atom. The molecule has 2 nitrogen and oxygen atoms in total. The summed E-state index contributed by atoms with van der Waals surface area (Å²) < 4.78 is 0. The molecule has 2 rings (SSSR count). The van der Waals surface area contributed by atoms with Crippen molar-refractivity contribution in [2.45, 2.75) is 31.7 Å². The van der Waals surface area contributed by atoms with Crippen LogP contribution >= 0.6 is 0 Å². The van der Waals surface area contributed by atoms with Crippen molar-refractivity contribution in [1.82, 2.24) is 5.01 Å². The molecule has 0 amide bonds. The van der Waals surface area contributed by atoms with Crippen molar-refractivity contribution in [1.29, 1.82) is 0 Å². The quantitative estimate of drug-likeness (QED) is 0.620. The van der Waals surface area contributed by atoms with Gasteiger partial charge in [-0.25, -0.2) is 5.84 Å². The fourth-order valence-electron chi connectivity index (χ4n) is 2.00. The summed E-state index contributed by atoms with van der Waals surface area (Å²) in [5, 5.41) is 1.82. The minimum atomic E-state index is 0.379. The lowest BCUT2D eigenvalue weighted by atomic mass is 9.99. The molecule has 1 fully saturated rings. The Hall–Kier alpha value is -1.02. The van der Waals surface area contributed by atoms with E-state index in [1.54, 1.807) is 0 Å². The first-order valence-corrected chi connectivity index (χ1v) is 4.87. The highest BCUT2D eigenvalue weighted by molar-refractivity contribution is 5.30. The van der Waals surface area contributed by atoms with Crippen molar-refractivity contribution >= 4 is 0 Å². The highest BCUT2D eigenvalue weighted by Gasteiger charge is 2.26. The smallest absolute Gasteiger partial charge is 0.0698 e. The molecule has 1 atom stereocenters. The van der Waals surface area contributed by atoms with Gasteiger partial charge in [-0.15, -0.1) is 0 Å². The van der Waals surface area contributed by atoms with Crippen LogP contribution in [0.2, 0.25) is 0 Å². The second-order valence-corrected chi connectivity index (χ2v) is 3.71. The number of rotatable bonds is 1. The Morgan fingerprint density at radius 3 is 2.85 bits per heavy atom. The lowest BCUT2D eigenvalue weighted by Gasteiger charge is -2.24. The van der Waals surface area contributed by atoms with E-state index in [1.165, 1.54) is 12.0 Å². The first kappa shape index (κ1) is 8.57. The highest BCUT2D eigenvalue weighted by atomic mass is 15.4. The first-order valence-electron chi connectivity index (χ1n) is 4.87. The van der Waals surface area contributed by atoms with Crippen LogP contribution in [0.3, 0.4) is 0 Å². The van der Waals surface area contributed by atoms with Gasteiger partial charge in [0, 0.05) is 5.70 Å². The molecule has 0 saturated carbocycles. The van der Waals surface area contributed by atoms with Gasteiger partial charge in [-0.1, -0.05) is 24.8 Å². The molecule has 1 saturated heterocycles. The van der Waals surface area contributed by atoms with Crippen molar-refractivity contribution in [2.24, 2.45) is 5.84 Å². The van der Waals surface area contributed by atoms with Gasteiger partial charge in [-0.3, -0.25) is 0 Å². The Balaban J connectivity index is 2.13. The summed E-state index contributed by atoms with van der Waals surface area (Å²) in [4.78, 5) is 0. The Labute approximate surface area is 79.4 Å². The van der Waals surface area contributed by atoms with Gasteiger partial charge in [0.25, 0.3) is 0 Å². The van der Waals surface area contributed by atoms with E-state index in [4.69, 9.17) is 5.84 Å². The van der Waals surface area contributed by atoms with Gasteiger partial charge < -0.3 is 5.01 Å². The largest absolute Gasteiger partial charge is 0.308 e. The normalized spacial score (nSPS) is 28.1. The molecule has 0 aromatic carbocycles. The molecule has 13 heavy (non-hydrogen) atoms. The second-order valence-electron chi connectivity index (χ2n) is 3.71. The topological polar surface area (TPSA) is 29.3 Å². The van der Waals surface area contributed by atoms with Gasteiger partial charge in [-0.05, 0) is 31.3 Å². The summed E-state index contributed by atoms with van der Waals surface area (Å²) in [5.41, 5.74) is 2.43. The van der Waals surface area contributed by atoms with Gasteiger partial charge >= 0.3 is 0 Å². The number of allylic oxidation sites excluding steroid dienone is 3. The predicted molar refractivity (Wildman–Crippen MR) is 54.6 cm³/mol. The predicted octanol–water partition coefficient (Wildman–Crippen LogP) is 2.11. The van der Waals surface area contributed by atoms with E-state index in [1.807, 2.05) is 5.01 Å². The number of hydrogen-bond donors (Lipinski definition) is 1. The molecule has 2 aliphatic rings. The SMILES string of the molecule is C=C1CCC(C2=CCCC=C2)N1N. The van der Waals surface area contributed by atoms with Crippen molar-refractivity contribution < 1.29 is 0 Å². The van der Waals surface area contributed by atoms with Crippen LogP contribution in [0.4, 0.5) is 0 Å². The zero-order valence-electron chi connectivity index (χ0n) is 7.87. The Kier molecular flexibility index (Phi) is 2.23. The van der Waals surface area contributed by atoms with E-state index in [9.17, 15) is 0 Å². The van der Waals surface area contributed by atoms with Crippen molar-refractivity contribution in [3.05, 3.63) is 36.1 Å². The summed E-state index contributed by atoms with van der Waals surface area (Å²) in [6, 6.07) is 0.379. The summed E-state index contributed by atoms with van der Waals surface area (Å²) in [6.07, 6.45) is 11.2. The molecule has 1 aliphatic carbocycles. The van der Waals surface area contributed by atoms with Crippen molar-refractivity contribution in [2.75, 3.05) is 0 Å². The lowest BCUT2D eigenvalue weighted by molar-refractivity contribution is 0.341. The zero-order chi connectivity index (χ0) is 9.26. The number of hydrazine groups is 1. The summed E-state index contributed by atoms with van der Waals surface area (Å²) >= 11 is 0. The molecule has 0 radical (unpaired) electrons. The Morgan fingerprint density at radius 1 is 1.46 bits per heavy atom. The molecule has 2 N–H and O–H groups in total. The van der Waals surface area contributed by atoms with E-state index < -0.39 is 0 Å². The fourth-order valence-corrected chi connectivity index (χ4v) is 2.00. The van der Waals surface area contributed by atoms with Gasteiger partial charge in [0.2, 0.25) is 0 Å².